The van der Waals surface area contributed by atoms with E-state index < -0.39 is 5.92 Å². The van der Waals surface area contributed by atoms with Crippen LogP contribution in [0.4, 0.5) is 8.78 Å². The summed E-state index contributed by atoms with van der Waals surface area (Å²) in [4.78, 5) is 0. The fraction of sp³-hybridized carbons (Fsp3) is 1.00. The lowest BCUT2D eigenvalue weighted by atomic mass is 9.88. The van der Waals surface area contributed by atoms with Crippen LogP contribution in [0.25, 0.3) is 0 Å². The molecular weight excluding hydrogens is 153 g/mol. The van der Waals surface area contributed by atoms with E-state index in [9.17, 15) is 8.78 Å². The number of rotatable bonds is 1. The minimum atomic E-state index is -2.35. The zero-order chi connectivity index (χ0) is 7.61. The van der Waals surface area contributed by atoms with E-state index in [0.29, 0.717) is 18.8 Å². The third-order valence-electron chi connectivity index (χ3n) is 2.17. The van der Waals surface area contributed by atoms with Crippen molar-refractivity contribution in [2.24, 2.45) is 5.92 Å². The molecule has 0 spiro atoms. The molecule has 0 nitrogen and oxygen atoms in total. The Morgan fingerprint density at radius 3 is 2.20 bits per heavy atom. The normalized spacial score (nSPS) is 26.7. The lowest BCUT2D eigenvalue weighted by Crippen LogP contribution is -2.24. The van der Waals surface area contributed by atoms with E-state index >= 15 is 0 Å². The zero-order valence-electron chi connectivity index (χ0n) is 5.95. The van der Waals surface area contributed by atoms with Crippen LogP contribution in [0, 0.1) is 5.92 Å². The molecule has 0 amide bonds. The largest absolute Gasteiger partial charge is 0.248 e. The molecule has 1 aliphatic rings. The molecule has 0 saturated heterocycles. The van der Waals surface area contributed by atoms with Crippen molar-refractivity contribution in [1.29, 1.82) is 0 Å². The van der Waals surface area contributed by atoms with Crippen LogP contribution in [0.2, 0.25) is 0 Å². The van der Waals surface area contributed by atoms with Crippen LogP contribution in [0.5, 0.6) is 0 Å². The molecule has 1 aliphatic carbocycles. The van der Waals surface area contributed by atoms with Crippen LogP contribution in [-0.4, -0.2) is 12.1 Å². The number of halogens is 2. The van der Waals surface area contributed by atoms with Crippen molar-refractivity contribution in [3.8, 4) is 0 Å². The van der Waals surface area contributed by atoms with E-state index in [2.05, 4.69) is 9.24 Å². The Balaban J connectivity index is 2.31. The quantitative estimate of drug-likeness (QED) is 0.525. The van der Waals surface area contributed by atoms with Crippen LogP contribution in [0.1, 0.15) is 25.7 Å². The maximum Gasteiger partial charge on any atom is 0.248 e. The fourth-order valence-corrected chi connectivity index (χ4v) is 1.81. The van der Waals surface area contributed by atoms with Gasteiger partial charge < -0.3 is 0 Å². The van der Waals surface area contributed by atoms with Gasteiger partial charge >= 0.3 is 0 Å². The van der Waals surface area contributed by atoms with E-state index in [-0.39, 0.29) is 12.8 Å². The number of hydrogen-bond donors (Lipinski definition) is 0. The molecule has 0 radical (unpaired) electrons. The highest BCUT2D eigenvalue weighted by molar-refractivity contribution is 7.16. The first-order chi connectivity index (χ1) is 4.64. The Hall–Kier alpha value is 0.290. The summed E-state index contributed by atoms with van der Waals surface area (Å²) in [5.41, 5.74) is 0. The van der Waals surface area contributed by atoms with Crippen molar-refractivity contribution in [3.63, 3.8) is 0 Å². The molecule has 1 unspecified atom stereocenters. The van der Waals surface area contributed by atoms with Gasteiger partial charge in [0.15, 0.2) is 0 Å². The summed E-state index contributed by atoms with van der Waals surface area (Å²) in [5.74, 6) is -1.82. The Morgan fingerprint density at radius 2 is 1.80 bits per heavy atom. The second-order valence-corrected chi connectivity index (χ2v) is 3.51. The van der Waals surface area contributed by atoms with Crippen molar-refractivity contribution in [3.05, 3.63) is 0 Å². The molecule has 0 aliphatic heterocycles. The van der Waals surface area contributed by atoms with Crippen molar-refractivity contribution in [1.82, 2.24) is 0 Å². The number of hydrogen-bond acceptors (Lipinski definition) is 0. The Kier molecular flexibility index (Phi) is 2.62. The number of alkyl halides is 2. The van der Waals surface area contributed by atoms with Gasteiger partial charge in [0, 0.05) is 12.8 Å². The van der Waals surface area contributed by atoms with Crippen LogP contribution in [0.3, 0.4) is 0 Å². The van der Waals surface area contributed by atoms with E-state index in [1.54, 1.807) is 0 Å². The van der Waals surface area contributed by atoms with Gasteiger partial charge in [-0.25, -0.2) is 8.78 Å². The molecule has 0 bridgehead atoms. The minimum Gasteiger partial charge on any atom is -0.207 e. The van der Waals surface area contributed by atoms with Gasteiger partial charge in [0.1, 0.15) is 0 Å². The molecular formula is C7H13F2P. The van der Waals surface area contributed by atoms with Gasteiger partial charge in [-0.1, -0.05) is 0 Å². The summed E-state index contributed by atoms with van der Waals surface area (Å²) >= 11 is 0. The van der Waals surface area contributed by atoms with Crippen molar-refractivity contribution >= 4 is 9.24 Å². The molecule has 0 aromatic rings. The summed E-state index contributed by atoms with van der Waals surface area (Å²) in [6, 6.07) is 0. The zero-order valence-corrected chi connectivity index (χ0v) is 7.10. The highest BCUT2D eigenvalue weighted by atomic mass is 31.0. The fourth-order valence-electron chi connectivity index (χ4n) is 1.34. The minimum absolute atomic E-state index is 0.103. The molecule has 60 valence electrons. The summed E-state index contributed by atoms with van der Waals surface area (Å²) < 4.78 is 25.0. The maximum atomic E-state index is 12.5. The first kappa shape index (κ1) is 8.39. The van der Waals surface area contributed by atoms with Gasteiger partial charge in [-0.3, -0.25) is 0 Å². The third-order valence-corrected chi connectivity index (χ3v) is 2.84. The molecule has 1 atom stereocenters. The maximum absolute atomic E-state index is 12.5. The van der Waals surface area contributed by atoms with E-state index in [0.717, 1.165) is 6.16 Å². The molecule has 1 rings (SSSR count). The lowest BCUT2D eigenvalue weighted by Gasteiger charge is -2.27. The Morgan fingerprint density at radius 1 is 1.30 bits per heavy atom. The summed E-state index contributed by atoms with van der Waals surface area (Å²) in [6.45, 7) is 0. The molecule has 0 aromatic carbocycles. The first-order valence-electron chi connectivity index (χ1n) is 3.72. The van der Waals surface area contributed by atoms with E-state index in [1.807, 2.05) is 0 Å². The van der Waals surface area contributed by atoms with Gasteiger partial charge in [-0.05, 0) is 24.9 Å². The monoisotopic (exact) mass is 166 g/mol. The summed E-state index contributed by atoms with van der Waals surface area (Å²) in [5, 5.41) is 0. The average molecular weight is 166 g/mol. The molecule has 10 heavy (non-hydrogen) atoms. The second kappa shape index (κ2) is 3.13. The van der Waals surface area contributed by atoms with E-state index in [1.165, 1.54) is 0 Å². The molecule has 0 heterocycles. The van der Waals surface area contributed by atoms with E-state index in [4.69, 9.17) is 0 Å². The Bertz CT molecular complexity index is 104. The van der Waals surface area contributed by atoms with Crippen molar-refractivity contribution in [2.45, 2.75) is 31.6 Å². The smallest absolute Gasteiger partial charge is 0.207 e. The summed E-state index contributed by atoms with van der Waals surface area (Å²) in [7, 11) is 2.62. The predicted octanol–water partition coefficient (Wildman–Crippen LogP) is 2.69. The lowest BCUT2D eigenvalue weighted by molar-refractivity contribution is -0.0433. The van der Waals surface area contributed by atoms with Gasteiger partial charge in [-0.15, -0.1) is 9.24 Å². The molecule has 0 aromatic heterocycles. The van der Waals surface area contributed by atoms with Gasteiger partial charge in [-0.2, -0.15) is 0 Å². The van der Waals surface area contributed by atoms with Gasteiger partial charge in [0.25, 0.3) is 0 Å². The van der Waals surface area contributed by atoms with Gasteiger partial charge in [0.2, 0.25) is 5.92 Å². The van der Waals surface area contributed by atoms with Crippen LogP contribution < -0.4 is 0 Å². The highest BCUT2D eigenvalue weighted by Gasteiger charge is 2.33. The predicted molar refractivity (Wildman–Crippen MR) is 41.5 cm³/mol. The topological polar surface area (TPSA) is 0 Å². The standard InChI is InChI=1S/C7H13F2P/c8-7(9)3-1-6(5-10)2-4-7/h6H,1-5,10H2. The SMILES string of the molecule is FC1(F)CCC(CP)CC1. The van der Waals surface area contributed by atoms with Crippen LogP contribution in [-0.2, 0) is 0 Å². The molecule has 1 saturated carbocycles. The van der Waals surface area contributed by atoms with Crippen molar-refractivity contribution in [2.75, 3.05) is 6.16 Å². The highest BCUT2D eigenvalue weighted by Crippen LogP contribution is 2.36. The third kappa shape index (κ3) is 2.16. The van der Waals surface area contributed by atoms with Crippen molar-refractivity contribution < 1.29 is 8.78 Å². The summed E-state index contributed by atoms with van der Waals surface area (Å²) in [6.07, 6.45) is 2.60. The second-order valence-electron chi connectivity index (χ2n) is 3.04. The Labute approximate surface area is 62.6 Å². The first-order valence-corrected chi connectivity index (χ1v) is 4.53. The van der Waals surface area contributed by atoms with Gasteiger partial charge in [0.05, 0.1) is 0 Å². The van der Waals surface area contributed by atoms with Crippen LogP contribution in [0.15, 0.2) is 0 Å². The molecule has 0 N–H and O–H groups in total. The molecule has 3 heteroatoms. The van der Waals surface area contributed by atoms with Crippen LogP contribution >= 0.6 is 9.24 Å². The molecule has 1 fully saturated rings. The average Bonchev–Trinajstić information content (AvgIpc) is 1.88.